The lowest BCUT2D eigenvalue weighted by Crippen LogP contribution is -1.90. The van der Waals surface area contributed by atoms with E-state index in [4.69, 9.17) is 11.6 Å². The van der Waals surface area contributed by atoms with Crippen molar-refractivity contribution in [2.24, 2.45) is 7.05 Å². The fraction of sp³-hybridized carbons (Fsp3) is 0.667. The van der Waals surface area contributed by atoms with E-state index >= 15 is 0 Å². The molecule has 0 unspecified atom stereocenters. The van der Waals surface area contributed by atoms with Gasteiger partial charge in [0.05, 0.1) is 5.69 Å². The summed E-state index contributed by atoms with van der Waals surface area (Å²) in [7, 11) is 1.91. The minimum Gasteiger partial charge on any atom is -0.257 e. The molecule has 1 heterocycles. The van der Waals surface area contributed by atoms with E-state index in [-0.39, 0.29) is 0 Å². The zero-order valence-electron chi connectivity index (χ0n) is 7.47. The third-order valence-corrected chi connectivity index (χ3v) is 2.89. The monoisotopic (exact) mass is 184 g/mol. The molecule has 0 aromatic carbocycles. The maximum atomic E-state index is 6.09. The van der Waals surface area contributed by atoms with Crippen molar-refractivity contribution in [3.63, 3.8) is 0 Å². The Morgan fingerprint density at radius 3 is 2.75 bits per heavy atom. The van der Waals surface area contributed by atoms with Crippen LogP contribution in [-0.4, -0.2) is 9.78 Å². The zero-order chi connectivity index (χ0) is 8.72. The van der Waals surface area contributed by atoms with Gasteiger partial charge < -0.3 is 0 Å². The Hall–Kier alpha value is -0.500. The topological polar surface area (TPSA) is 17.8 Å². The van der Waals surface area contributed by atoms with Crippen molar-refractivity contribution in [3.8, 4) is 0 Å². The molecule has 0 spiro atoms. The fourth-order valence-corrected chi connectivity index (χ4v) is 1.85. The Kier molecular flexibility index (Phi) is 1.87. The highest BCUT2D eigenvalue weighted by atomic mass is 35.5. The molecular weight excluding hydrogens is 172 g/mol. The normalized spacial score (nSPS) is 16.9. The van der Waals surface area contributed by atoms with Crippen LogP contribution in [0.25, 0.3) is 0 Å². The van der Waals surface area contributed by atoms with Crippen LogP contribution < -0.4 is 0 Å². The summed E-state index contributed by atoms with van der Waals surface area (Å²) in [4.78, 5) is 0. The van der Waals surface area contributed by atoms with Crippen molar-refractivity contribution in [3.05, 3.63) is 16.4 Å². The summed E-state index contributed by atoms with van der Waals surface area (Å²) in [6.45, 7) is 2.13. The van der Waals surface area contributed by atoms with Gasteiger partial charge in [0.15, 0.2) is 0 Å². The summed E-state index contributed by atoms with van der Waals surface area (Å²) >= 11 is 6.09. The molecule has 12 heavy (non-hydrogen) atoms. The average Bonchev–Trinajstić information content (AvgIpc) is 2.82. The van der Waals surface area contributed by atoms with Crippen molar-refractivity contribution < 1.29 is 0 Å². The first-order chi connectivity index (χ1) is 5.74. The van der Waals surface area contributed by atoms with Crippen molar-refractivity contribution in [2.75, 3.05) is 0 Å². The summed E-state index contributed by atoms with van der Waals surface area (Å²) in [6.07, 6.45) is 3.58. The first-order valence-electron chi connectivity index (χ1n) is 4.45. The van der Waals surface area contributed by atoms with Crippen LogP contribution in [0.5, 0.6) is 0 Å². The average molecular weight is 185 g/mol. The molecule has 1 fully saturated rings. The van der Waals surface area contributed by atoms with Gasteiger partial charge in [0.25, 0.3) is 0 Å². The van der Waals surface area contributed by atoms with Gasteiger partial charge in [-0.3, -0.25) is 4.68 Å². The van der Waals surface area contributed by atoms with Gasteiger partial charge in [-0.2, -0.15) is 5.10 Å². The van der Waals surface area contributed by atoms with Gasteiger partial charge in [-0.25, -0.2) is 0 Å². The first kappa shape index (κ1) is 8.11. The van der Waals surface area contributed by atoms with Gasteiger partial charge in [0.2, 0.25) is 0 Å². The van der Waals surface area contributed by atoms with Crippen molar-refractivity contribution in [1.29, 1.82) is 0 Å². The highest BCUT2D eigenvalue weighted by Gasteiger charge is 2.29. The highest BCUT2D eigenvalue weighted by Crippen LogP contribution is 2.42. The molecule has 1 aliphatic rings. The number of hydrogen-bond acceptors (Lipinski definition) is 1. The molecule has 0 saturated heterocycles. The predicted octanol–water partition coefficient (Wildman–Crippen LogP) is 2.51. The molecule has 2 rings (SSSR count). The van der Waals surface area contributed by atoms with E-state index in [2.05, 4.69) is 12.0 Å². The maximum Gasteiger partial charge on any atom is 0.130 e. The van der Waals surface area contributed by atoms with Crippen LogP contribution in [-0.2, 0) is 13.5 Å². The summed E-state index contributed by atoms with van der Waals surface area (Å²) < 4.78 is 1.79. The van der Waals surface area contributed by atoms with E-state index in [1.165, 1.54) is 24.1 Å². The van der Waals surface area contributed by atoms with E-state index < -0.39 is 0 Å². The van der Waals surface area contributed by atoms with Crippen molar-refractivity contribution >= 4 is 11.6 Å². The number of hydrogen-bond donors (Lipinski definition) is 0. The quantitative estimate of drug-likeness (QED) is 0.691. The van der Waals surface area contributed by atoms with E-state index in [0.717, 1.165) is 11.6 Å². The number of rotatable bonds is 2. The molecule has 1 aliphatic carbocycles. The second-order valence-electron chi connectivity index (χ2n) is 3.41. The summed E-state index contributed by atoms with van der Waals surface area (Å²) in [6, 6.07) is 0. The summed E-state index contributed by atoms with van der Waals surface area (Å²) in [5.74, 6) is 0.707. The predicted molar refractivity (Wildman–Crippen MR) is 49.6 cm³/mol. The van der Waals surface area contributed by atoms with Gasteiger partial charge in [-0.15, -0.1) is 0 Å². The number of nitrogens with zero attached hydrogens (tertiary/aromatic N) is 2. The summed E-state index contributed by atoms with van der Waals surface area (Å²) in [5, 5.41) is 5.25. The Bertz CT molecular complexity index is 300. The Labute approximate surface area is 77.5 Å². The van der Waals surface area contributed by atoms with Crippen molar-refractivity contribution in [2.45, 2.75) is 32.1 Å². The van der Waals surface area contributed by atoms with Gasteiger partial charge >= 0.3 is 0 Å². The van der Waals surface area contributed by atoms with Crippen LogP contribution in [0.3, 0.4) is 0 Å². The smallest absolute Gasteiger partial charge is 0.130 e. The molecule has 0 bridgehead atoms. The van der Waals surface area contributed by atoms with Crippen LogP contribution in [0.15, 0.2) is 0 Å². The van der Waals surface area contributed by atoms with E-state index in [9.17, 15) is 0 Å². The Morgan fingerprint density at radius 2 is 2.25 bits per heavy atom. The van der Waals surface area contributed by atoms with Gasteiger partial charge in [-0.1, -0.05) is 18.5 Å². The minimum absolute atomic E-state index is 0.707. The molecule has 3 heteroatoms. The fourth-order valence-electron chi connectivity index (χ4n) is 1.58. The van der Waals surface area contributed by atoms with Gasteiger partial charge in [0, 0.05) is 18.5 Å². The standard InChI is InChI=1S/C9H13ClN2/c1-3-7-8(6-4-5-6)11-12(2)9(7)10/h6H,3-5H2,1-2H3. The lowest BCUT2D eigenvalue weighted by atomic mass is 10.1. The lowest BCUT2D eigenvalue weighted by Gasteiger charge is -1.95. The maximum absolute atomic E-state index is 6.09. The minimum atomic E-state index is 0.707. The molecule has 2 nitrogen and oxygen atoms in total. The third-order valence-electron chi connectivity index (χ3n) is 2.42. The van der Waals surface area contributed by atoms with Gasteiger partial charge in [-0.05, 0) is 19.3 Å². The van der Waals surface area contributed by atoms with Crippen molar-refractivity contribution in [1.82, 2.24) is 9.78 Å². The highest BCUT2D eigenvalue weighted by molar-refractivity contribution is 6.30. The Morgan fingerprint density at radius 1 is 1.58 bits per heavy atom. The molecular formula is C9H13ClN2. The largest absolute Gasteiger partial charge is 0.257 e. The Balaban J connectivity index is 2.44. The number of aryl methyl sites for hydroxylation is 1. The van der Waals surface area contributed by atoms with E-state index in [1.807, 2.05) is 7.05 Å². The molecule has 0 aliphatic heterocycles. The molecule has 0 atom stereocenters. The molecule has 1 aromatic rings. The van der Waals surface area contributed by atoms with Gasteiger partial charge in [0.1, 0.15) is 5.15 Å². The molecule has 1 aromatic heterocycles. The third kappa shape index (κ3) is 1.14. The molecule has 66 valence electrons. The second kappa shape index (κ2) is 2.77. The van der Waals surface area contributed by atoms with Crippen LogP contribution >= 0.6 is 11.6 Å². The SMILES string of the molecule is CCc1c(C2CC2)nn(C)c1Cl. The summed E-state index contributed by atoms with van der Waals surface area (Å²) in [5.41, 5.74) is 2.49. The second-order valence-corrected chi connectivity index (χ2v) is 3.76. The number of aromatic nitrogens is 2. The van der Waals surface area contributed by atoms with Crippen LogP contribution in [0, 0.1) is 0 Å². The lowest BCUT2D eigenvalue weighted by molar-refractivity contribution is 0.744. The van der Waals surface area contributed by atoms with Crippen LogP contribution in [0.4, 0.5) is 0 Å². The zero-order valence-corrected chi connectivity index (χ0v) is 8.23. The van der Waals surface area contributed by atoms with Crippen LogP contribution in [0.1, 0.15) is 36.9 Å². The molecule has 0 radical (unpaired) electrons. The molecule has 0 amide bonds. The van der Waals surface area contributed by atoms with Crippen LogP contribution in [0.2, 0.25) is 5.15 Å². The first-order valence-corrected chi connectivity index (χ1v) is 4.83. The van der Waals surface area contributed by atoms with E-state index in [0.29, 0.717) is 5.92 Å². The van der Waals surface area contributed by atoms with E-state index in [1.54, 1.807) is 4.68 Å². The number of halogens is 1. The molecule has 0 N–H and O–H groups in total. The molecule has 1 saturated carbocycles.